The van der Waals surface area contributed by atoms with Crippen molar-refractivity contribution in [1.82, 2.24) is 5.09 Å². The predicted octanol–water partition coefficient (Wildman–Crippen LogP) is 8.09. The van der Waals surface area contributed by atoms with Crippen LogP contribution in [0.15, 0.2) is 23.8 Å². The van der Waals surface area contributed by atoms with Gasteiger partial charge >= 0.3 is 17.9 Å². The number of ether oxygens (including phenoxy) is 5. The van der Waals surface area contributed by atoms with Crippen molar-refractivity contribution in [3.8, 4) is 11.5 Å². The molecule has 14 heteroatoms. The zero-order chi connectivity index (χ0) is 38.6. The molecule has 1 aliphatic heterocycles. The highest BCUT2D eigenvalue weighted by molar-refractivity contribution is 7.57. The van der Waals surface area contributed by atoms with Crippen LogP contribution in [-0.2, 0) is 45.9 Å². The summed E-state index contributed by atoms with van der Waals surface area (Å²) in [7, 11) is -3.27. The number of cyclic esters (lactones) is 1. The maximum Gasteiger partial charge on any atom is 0.342 e. The average Bonchev–Trinajstić information content (AvgIpc) is 3.42. The number of hydrogen-bond donors (Lipinski definition) is 1. The molecule has 51 heavy (non-hydrogen) atoms. The average molecular weight is 768 g/mol. The van der Waals surface area contributed by atoms with Gasteiger partial charge in [0.1, 0.15) is 29.7 Å². The molecule has 0 saturated heterocycles. The number of methoxy groups -OCH3 is 1. The molecule has 0 saturated carbocycles. The van der Waals surface area contributed by atoms with Gasteiger partial charge in [-0.3, -0.25) is 14.2 Å². The van der Waals surface area contributed by atoms with Gasteiger partial charge in [-0.25, -0.2) is 9.88 Å². The summed E-state index contributed by atoms with van der Waals surface area (Å²) in [6.45, 7) is 22.0. The lowest BCUT2D eigenvalue weighted by atomic mass is 9.93. The molecule has 1 N–H and O–H groups in total. The van der Waals surface area contributed by atoms with E-state index in [4.69, 9.17) is 28.2 Å². The number of carbonyl (C=O) groups excluding carboxylic acids is 3. The second-order valence-corrected chi connectivity index (χ2v) is 29.1. The normalized spacial score (nSPS) is 15.9. The molecule has 1 aliphatic rings. The van der Waals surface area contributed by atoms with Gasteiger partial charge in [-0.05, 0) is 64.6 Å². The highest BCUT2D eigenvalue weighted by Gasteiger charge is 2.33. The van der Waals surface area contributed by atoms with Crippen molar-refractivity contribution in [3.05, 3.63) is 46.1 Å². The maximum atomic E-state index is 13.4. The first-order valence-corrected chi connectivity index (χ1v) is 27.1. The third kappa shape index (κ3) is 14.3. The first kappa shape index (κ1) is 44.5. The molecule has 0 aliphatic carbocycles. The van der Waals surface area contributed by atoms with Gasteiger partial charge < -0.3 is 28.2 Å². The summed E-state index contributed by atoms with van der Waals surface area (Å²) in [6.07, 6.45) is 6.79. The molecule has 2 unspecified atom stereocenters. The summed E-state index contributed by atoms with van der Waals surface area (Å²) >= 11 is 0. The van der Waals surface area contributed by atoms with Gasteiger partial charge in [-0.2, -0.15) is 0 Å². The van der Waals surface area contributed by atoms with Crippen LogP contribution in [0, 0.1) is 12.8 Å². The van der Waals surface area contributed by atoms with Crippen LogP contribution in [0.5, 0.6) is 11.5 Å². The fraction of sp³-hybridized carbons (Fsp3) is 0.649. The van der Waals surface area contributed by atoms with E-state index >= 15 is 0 Å². The van der Waals surface area contributed by atoms with Crippen LogP contribution in [0.2, 0.25) is 51.4 Å². The lowest BCUT2D eigenvalue weighted by Crippen LogP contribution is -2.34. The number of esters is 3. The van der Waals surface area contributed by atoms with Crippen LogP contribution in [0.25, 0.3) is 0 Å². The Bertz CT molecular complexity index is 1480. The number of benzene rings is 1. The SMILES string of the molecule is CCOC(=O)[C@H](C)NP(=O)(C/C=C/CC(C/C(C)=C/Cc1c(OC)c(C)c2c(c1OCC[Si](C)(C)C)C(=O)OC2)C(=O)OCC[Si](C)(C)C)OC. The van der Waals surface area contributed by atoms with E-state index < -0.39 is 47.6 Å². The Morgan fingerprint density at radius 3 is 2.22 bits per heavy atom. The van der Waals surface area contributed by atoms with Crippen molar-refractivity contribution < 1.29 is 47.2 Å². The van der Waals surface area contributed by atoms with Crippen LogP contribution >= 0.6 is 7.52 Å². The second-order valence-electron chi connectivity index (χ2n) is 15.5. The van der Waals surface area contributed by atoms with Crippen LogP contribution in [0.4, 0.5) is 0 Å². The number of fused-ring (bicyclic) bond motifs is 1. The van der Waals surface area contributed by atoms with Gasteiger partial charge in [-0.1, -0.05) is 63.1 Å². The Morgan fingerprint density at radius 1 is 0.980 bits per heavy atom. The summed E-state index contributed by atoms with van der Waals surface area (Å²) in [5.74, 6) is -0.511. The number of carbonyl (C=O) groups is 3. The first-order valence-electron chi connectivity index (χ1n) is 17.8. The first-order chi connectivity index (χ1) is 23.8. The molecule has 1 heterocycles. The Morgan fingerprint density at radius 2 is 1.63 bits per heavy atom. The van der Waals surface area contributed by atoms with E-state index in [1.807, 2.05) is 26.0 Å². The Labute approximate surface area is 307 Å². The summed E-state index contributed by atoms with van der Waals surface area (Å²) < 4.78 is 47.0. The minimum absolute atomic E-state index is 0.0276. The molecule has 11 nitrogen and oxygen atoms in total. The van der Waals surface area contributed by atoms with E-state index in [0.29, 0.717) is 49.5 Å². The van der Waals surface area contributed by atoms with Gasteiger partial charge in [0.15, 0.2) is 0 Å². The minimum atomic E-state index is -3.39. The molecule has 2 rings (SSSR count). The molecule has 1 aromatic rings. The predicted molar refractivity (Wildman–Crippen MR) is 208 cm³/mol. The van der Waals surface area contributed by atoms with E-state index in [9.17, 15) is 18.9 Å². The van der Waals surface area contributed by atoms with Crippen molar-refractivity contribution in [2.45, 2.75) is 111 Å². The van der Waals surface area contributed by atoms with Crippen LogP contribution in [0.3, 0.4) is 0 Å². The molecule has 0 amide bonds. The highest BCUT2D eigenvalue weighted by atomic mass is 31.2. The van der Waals surface area contributed by atoms with E-state index in [2.05, 4.69) is 44.4 Å². The van der Waals surface area contributed by atoms with Gasteiger partial charge in [0.05, 0.1) is 39.0 Å². The van der Waals surface area contributed by atoms with Crippen molar-refractivity contribution >= 4 is 41.6 Å². The zero-order valence-corrected chi connectivity index (χ0v) is 35.9. The van der Waals surface area contributed by atoms with Crippen molar-refractivity contribution in [1.29, 1.82) is 0 Å². The largest absolute Gasteiger partial charge is 0.496 e. The van der Waals surface area contributed by atoms with Gasteiger partial charge in [0.25, 0.3) is 7.52 Å². The molecule has 0 aromatic heterocycles. The fourth-order valence-electron chi connectivity index (χ4n) is 5.48. The summed E-state index contributed by atoms with van der Waals surface area (Å²) in [6, 6.07) is 0.977. The smallest absolute Gasteiger partial charge is 0.342 e. The van der Waals surface area contributed by atoms with E-state index in [-0.39, 0.29) is 25.3 Å². The number of allylic oxidation sites excluding steroid dienone is 4. The molecular formula is C37H62NO10PSi2. The molecular weight excluding hydrogens is 706 g/mol. The minimum Gasteiger partial charge on any atom is -0.496 e. The lowest BCUT2D eigenvalue weighted by molar-refractivity contribution is -0.148. The number of rotatable bonds is 22. The third-order valence-electron chi connectivity index (χ3n) is 8.64. The van der Waals surface area contributed by atoms with E-state index in [0.717, 1.165) is 34.4 Å². The summed E-state index contributed by atoms with van der Waals surface area (Å²) in [5, 5.41) is 2.76. The van der Waals surface area contributed by atoms with Crippen molar-refractivity contribution in [2.24, 2.45) is 5.92 Å². The quantitative estimate of drug-likeness (QED) is 0.0403. The topological polar surface area (TPSA) is 136 Å². The highest BCUT2D eigenvalue weighted by Crippen LogP contribution is 2.44. The second kappa shape index (κ2) is 19.9. The standard InChI is InChI=1S/C37H62NO10PSi2/c1-13-45-35(39)28(4)38-49(42,44-6)21-15-14-16-29(36(40)47-20-23-51(10,11)12)24-26(2)17-18-30-33(43-5)27(3)31-25-48-37(41)32(31)34(30)46-19-22-50(7,8)9/h14-15,17,28-29H,13,16,18-25H2,1-12H3,(H,38,42)/b15-14+,26-17+/t28-,29?,49?/m0/s1. The summed E-state index contributed by atoms with van der Waals surface area (Å²) in [4.78, 5) is 38.4. The molecule has 288 valence electrons. The van der Waals surface area contributed by atoms with Crippen LogP contribution in [-0.4, -0.2) is 80.3 Å². The van der Waals surface area contributed by atoms with Gasteiger partial charge in [0, 0.05) is 34.4 Å². The Hall–Kier alpha value is -2.71. The molecule has 1 aromatic carbocycles. The number of hydrogen-bond acceptors (Lipinski definition) is 10. The van der Waals surface area contributed by atoms with E-state index in [1.54, 1.807) is 27.0 Å². The molecule has 0 radical (unpaired) electrons. The number of nitrogens with one attached hydrogen (secondary N) is 1. The van der Waals surface area contributed by atoms with E-state index in [1.165, 1.54) is 7.11 Å². The molecule has 0 bridgehead atoms. The summed E-state index contributed by atoms with van der Waals surface area (Å²) in [5.41, 5.74) is 3.85. The fourth-order valence-corrected chi connectivity index (χ4v) is 8.39. The van der Waals surface area contributed by atoms with Gasteiger partial charge in [-0.15, -0.1) is 0 Å². The zero-order valence-electron chi connectivity index (χ0n) is 33.0. The van der Waals surface area contributed by atoms with Gasteiger partial charge in [0.2, 0.25) is 0 Å². The lowest BCUT2D eigenvalue weighted by Gasteiger charge is -2.22. The van der Waals surface area contributed by atoms with Crippen molar-refractivity contribution in [3.63, 3.8) is 0 Å². The van der Waals surface area contributed by atoms with Crippen LogP contribution in [0.1, 0.15) is 60.7 Å². The molecule has 0 fully saturated rings. The van der Waals surface area contributed by atoms with Crippen LogP contribution < -0.4 is 14.6 Å². The molecule has 0 spiro atoms. The monoisotopic (exact) mass is 767 g/mol. The Kier molecular flexibility index (Phi) is 17.4. The molecule has 3 atom stereocenters. The third-order valence-corrected chi connectivity index (χ3v) is 14.1. The van der Waals surface area contributed by atoms with Crippen molar-refractivity contribution in [2.75, 3.05) is 40.2 Å². The Balaban J connectivity index is 2.34. The maximum absolute atomic E-state index is 13.4.